The maximum absolute atomic E-state index is 11.8. The number of likely N-dealkylation sites (tertiary alicyclic amines) is 1. The minimum Gasteiger partial charge on any atom is -0.378 e. The number of rotatable bonds is 6. The number of aromatic nitrogens is 2. The highest BCUT2D eigenvalue weighted by molar-refractivity contribution is 5.79. The topological polar surface area (TPSA) is 67.3 Å². The Balaban J connectivity index is 1.94. The molecule has 2 rings (SSSR count). The van der Waals surface area contributed by atoms with Gasteiger partial charge in [-0.2, -0.15) is 0 Å². The van der Waals surface area contributed by atoms with Gasteiger partial charge in [0.25, 0.3) is 0 Å². The van der Waals surface area contributed by atoms with Gasteiger partial charge in [0, 0.05) is 32.7 Å². The summed E-state index contributed by atoms with van der Waals surface area (Å²) in [6, 6.07) is 1.99. The lowest BCUT2D eigenvalue weighted by atomic mass is 10.2. The fourth-order valence-electron chi connectivity index (χ4n) is 2.27. The lowest BCUT2D eigenvalue weighted by Crippen LogP contribution is -2.28. The van der Waals surface area contributed by atoms with Gasteiger partial charge < -0.3 is 15.0 Å². The molecule has 1 N–H and O–H groups in total. The third-order valence-corrected chi connectivity index (χ3v) is 3.08. The fourth-order valence-corrected chi connectivity index (χ4v) is 2.27. The predicted octanol–water partition coefficient (Wildman–Crippen LogP) is 1.05. The summed E-state index contributed by atoms with van der Waals surface area (Å²) in [5.41, 5.74) is 0.828. The molecule has 6 heteroatoms. The molecule has 1 aliphatic rings. The molecule has 1 aromatic rings. The van der Waals surface area contributed by atoms with Crippen LogP contribution in [0.25, 0.3) is 0 Å². The van der Waals surface area contributed by atoms with E-state index in [9.17, 15) is 4.79 Å². The van der Waals surface area contributed by atoms with Crippen LogP contribution in [0.4, 0.5) is 5.82 Å². The Morgan fingerprint density at radius 3 is 3.11 bits per heavy atom. The number of methoxy groups -OCH3 is 1. The van der Waals surface area contributed by atoms with E-state index in [0.29, 0.717) is 13.0 Å². The SMILES string of the molecule is CCCN1C[C@H](Nc2cc(COC)ncn2)CC1=O. The Morgan fingerprint density at radius 1 is 1.53 bits per heavy atom. The zero-order chi connectivity index (χ0) is 13.7. The second-order valence-corrected chi connectivity index (χ2v) is 4.71. The van der Waals surface area contributed by atoms with Crippen molar-refractivity contribution in [3.8, 4) is 0 Å². The third-order valence-electron chi connectivity index (χ3n) is 3.08. The molecule has 0 unspecified atom stereocenters. The summed E-state index contributed by atoms with van der Waals surface area (Å²) in [5.74, 6) is 0.962. The largest absolute Gasteiger partial charge is 0.378 e. The van der Waals surface area contributed by atoms with E-state index in [1.807, 2.05) is 11.0 Å². The van der Waals surface area contributed by atoms with Crippen LogP contribution < -0.4 is 5.32 Å². The lowest BCUT2D eigenvalue weighted by Gasteiger charge is -2.16. The molecule has 1 fully saturated rings. The van der Waals surface area contributed by atoms with Crippen LogP contribution in [0, 0.1) is 0 Å². The van der Waals surface area contributed by atoms with Crippen molar-refractivity contribution in [2.75, 3.05) is 25.5 Å². The van der Waals surface area contributed by atoms with E-state index in [2.05, 4.69) is 22.2 Å². The summed E-state index contributed by atoms with van der Waals surface area (Å²) in [5, 5.41) is 3.29. The first-order valence-electron chi connectivity index (χ1n) is 6.57. The van der Waals surface area contributed by atoms with Crippen molar-refractivity contribution in [2.24, 2.45) is 0 Å². The summed E-state index contributed by atoms with van der Waals surface area (Å²) in [7, 11) is 1.63. The van der Waals surface area contributed by atoms with Crippen LogP contribution in [-0.2, 0) is 16.1 Å². The molecule has 1 aliphatic heterocycles. The number of carbonyl (C=O) groups is 1. The Kier molecular flexibility index (Phi) is 4.68. The van der Waals surface area contributed by atoms with Crippen LogP contribution in [0.5, 0.6) is 0 Å². The lowest BCUT2D eigenvalue weighted by molar-refractivity contribution is -0.127. The molecule has 2 heterocycles. The van der Waals surface area contributed by atoms with Crippen molar-refractivity contribution in [3.05, 3.63) is 18.1 Å². The normalized spacial score (nSPS) is 18.9. The van der Waals surface area contributed by atoms with Crippen LogP contribution in [0.1, 0.15) is 25.5 Å². The van der Waals surface area contributed by atoms with Crippen LogP contribution in [-0.4, -0.2) is 47.0 Å². The van der Waals surface area contributed by atoms with Gasteiger partial charge in [0.1, 0.15) is 12.1 Å². The molecule has 6 nitrogen and oxygen atoms in total. The van der Waals surface area contributed by atoms with Crippen molar-refractivity contribution in [1.82, 2.24) is 14.9 Å². The number of ether oxygens (including phenoxy) is 1. The molecule has 0 saturated carbocycles. The van der Waals surface area contributed by atoms with Crippen molar-refractivity contribution in [1.29, 1.82) is 0 Å². The molecule has 0 spiro atoms. The van der Waals surface area contributed by atoms with Crippen LogP contribution >= 0.6 is 0 Å². The zero-order valence-corrected chi connectivity index (χ0v) is 11.4. The molecule has 1 aromatic heterocycles. The molecule has 0 radical (unpaired) electrons. The minimum absolute atomic E-state index is 0.129. The predicted molar refractivity (Wildman–Crippen MR) is 71.6 cm³/mol. The highest BCUT2D eigenvalue weighted by atomic mass is 16.5. The number of hydrogen-bond donors (Lipinski definition) is 1. The molecular weight excluding hydrogens is 244 g/mol. The van der Waals surface area contributed by atoms with Gasteiger partial charge >= 0.3 is 0 Å². The van der Waals surface area contributed by atoms with E-state index in [1.54, 1.807) is 7.11 Å². The van der Waals surface area contributed by atoms with E-state index in [-0.39, 0.29) is 11.9 Å². The number of hydrogen-bond acceptors (Lipinski definition) is 5. The molecule has 0 aliphatic carbocycles. The Hall–Kier alpha value is -1.69. The van der Waals surface area contributed by atoms with Gasteiger partial charge in [-0.15, -0.1) is 0 Å². The Morgan fingerprint density at radius 2 is 2.37 bits per heavy atom. The number of carbonyl (C=O) groups excluding carboxylic acids is 1. The van der Waals surface area contributed by atoms with Gasteiger partial charge in [-0.05, 0) is 6.42 Å². The van der Waals surface area contributed by atoms with Gasteiger partial charge in [0.15, 0.2) is 0 Å². The van der Waals surface area contributed by atoms with Gasteiger partial charge in [0.05, 0.1) is 18.3 Å². The molecule has 1 amide bonds. The molecule has 1 atom stereocenters. The van der Waals surface area contributed by atoms with Crippen molar-refractivity contribution in [3.63, 3.8) is 0 Å². The number of amides is 1. The average Bonchev–Trinajstić information content (AvgIpc) is 2.71. The average molecular weight is 264 g/mol. The Labute approximate surface area is 113 Å². The number of nitrogens with zero attached hydrogens (tertiary/aromatic N) is 3. The smallest absolute Gasteiger partial charge is 0.224 e. The molecule has 104 valence electrons. The quantitative estimate of drug-likeness (QED) is 0.831. The summed E-state index contributed by atoms with van der Waals surface area (Å²) in [6.07, 6.45) is 3.03. The summed E-state index contributed by atoms with van der Waals surface area (Å²) < 4.78 is 5.04. The van der Waals surface area contributed by atoms with Crippen molar-refractivity contribution in [2.45, 2.75) is 32.4 Å². The van der Waals surface area contributed by atoms with E-state index in [4.69, 9.17) is 4.74 Å². The minimum atomic E-state index is 0.129. The zero-order valence-electron chi connectivity index (χ0n) is 11.4. The van der Waals surface area contributed by atoms with E-state index in [0.717, 1.165) is 31.0 Å². The molecule has 1 saturated heterocycles. The monoisotopic (exact) mass is 264 g/mol. The molecule has 19 heavy (non-hydrogen) atoms. The van der Waals surface area contributed by atoms with Gasteiger partial charge in [-0.3, -0.25) is 4.79 Å². The van der Waals surface area contributed by atoms with E-state index < -0.39 is 0 Å². The van der Waals surface area contributed by atoms with Gasteiger partial charge in [0.2, 0.25) is 5.91 Å². The highest BCUT2D eigenvalue weighted by Crippen LogP contribution is 2.16. The first-order valence-corrected chi connectivity index (χ1v) is 6.57. The van der Waals surface area contributed by atoms with E-state index >= 15 is 0 Å². The first kappa shape index (κ1) is 13.7. The maximum atomic E-state index is 11.8. The molecule has 0 bridgehead atoms. The Bertz CT molecular complexity index is 438. The van der Waals surface area contributed by atoms with E-state index in [1.165, 1.54) is 6.33 Å². The molecule has 0 aromatic carbocycles. The third kappa shape index (κ3) is 3.64. The number of anilines is 1. The number of nitrogens with one attached hydrogen (secondary N) is 1. The summed E-state index contributed by atoms with van der Waals surface area (Å²) >= 11 is 0. The molecular formula is C13H20N4O2. The van der Waals surface area contributed by atoms with Crippen molar-refractivity contribution >= 4 is 11.7 Å². The van der Waals surface area contributed by atoms with Crippen LogP contribution in [0.15, 0.2) is 12.4 Å². The maximum Gasteiger partial charge on any atom is 0.224 e. The fraction of sp³-hybridized carbons (Fsp3) is 0.615. The summed E-state index contributed by atoms with van der Waals surface area (Å²) in [6.45, 7) is 4.12. The van der Waals surface area contributed by atoms with Crippen LogP contribution in [0.3, 0.4) is 0 Å². The second-order valence-electron chi connectivity index (χ2n) is 4.71. The first-order chi connectivity index (χ1) is 9.22. The van der Waals surface area contributed by atoms with Gasteiger partial charge in [-0.1, -0.05) is 6.92 Å². The summed E-state index contributed by atoms with van der Waals surface area (Å²) in [4.78, 5) is 21.9. The standard InChI is InChI=1S/C13H20N4O2/c1-3-4-17-7-10(6-13(17)18)16-12-5-11(8-19-2)14-9-15-12/h5,9-10H,3-4,6-8H2,1-2H3,(H,14,15,16)/t10-/m1/s1. The van der Waals surface area contributed by atoms with Crippen LogP contribution in [0.2, 0.25) is 0 Å². The highest BCUT2D eigenvalue weighted by Gasteiger charge is 2.28. The van der Waals surface area contributed by atoms with Crippen molar-refractivity contribution < 1.29 is 9.53 Å². The van der Waals surface area contributed by atoms with Gasteiger partial charge in [-0.25, -0.2) is 9.97 Å². The second kappa shape index (κ2) is 6.47.